The summed E-state index contributed by atoms with van der Waals surface area (Å²) in [5.74, 6) is 1.58. The normalized spacial score (nSPS) is 11.3. The van der Waals surface area contributed by atoms with Crippen molar-refractivity contribution in [1.82, 2.24) is 19.6 Å². The molecule has 5 nitrogen and oxygen atoms in total. The Kier molecular flexibility index (Phi) is 3.58. The van der Waals surface area contributed by atoms with Crippen molar-refractivity contribution in [2.75, 3.05) is 5.32 Å². The van der Waals surface area contributed by atoms with Crippen LogP contribution in [0.3, 0.4) is 0 Å². The number of rotatable bonds is 3. The molecule has 0 bridgehead atoms. The monoisotopic (exact) mass is 337 g/mol. The molecule has 0 unspecified atom stereocenters. The van der Waals surface area contributed by atoms with Crippen molar-refractivity contribution in [3.05, 3.63) is 58.9 Å². The Hall–Kier alpha value is -2.66. The fourth-order valence-corrected chi connectivity index (χ4v) is 2.94. The van der Waals surface area contributed by atoms with Crippen LogP contribution in [0.5, 0.6) is 0 Å². The highest BCUT2D eigenvalue weighted by molar-refractivity contribution is 6.31. The molecule has 1 N–H and O–H groups in total. The van der Waals surface area contributed by atoms with Crippen LogP contribution in [-0.2, 0) is 6.42 Å². The lowest BCUT2D eigenvalue weighted by molar-refractivity contribution is 0.922. The maximum Gasteiger partial charge on any atom is 0.204 e. The number of nitrogens with one attached hydrogen (secondary N) is 1. The van der Waals surface area contributed by atoms with E-state index in [4.69, 9.17) is 16.6 Å². The number of para-hydroxylation sites is 2. The smallest absolute Gasteiger partial charge is 0.204 e. The topological polar surface area (TPSA) is 55.1 Å². The summed E-state index contributed by atoms with van der Waals surface area (Å²) in [5, 5.41) is 12.7. The molecule has 0 aliphatic rings. The van der Waals surface area contributed by atoms with Gasteiger partial charge in [0.2, 0.25) is 5.65 Å². The Balaban J connectivity index is 1.93. The summed E-state index contributed by atoms with van der Waals surface area (Å²) in [6.07, 6.45) is 0.797. The molecule has 24 heavy (non-hydrogen) atoms. The van der Waals surface area contributed by atoms with Crippen molar-refractivity contribution < 1.29 is 0 Å². The van der Waals surface area contributed by atoms with Crippen LogP contribution in [0.1, 0.15) is 18.3 Å². The van der Waals surface area contributed by atoms with E-state index in [1.54, 1.807) is 0 Å². The van der Waals surface area contributed by atoms with Crippen molar-refractivity contribution >= 4 is 39.8 Å². The molecule has 6 heteroatoms. The SMILES string of the molecule is CCc1nnc2c(Nc3ccc(C)c(Cl)c3)nc3ccccc3n12. The summed E-state index contributed by atoms with van der Waals surface area (Å²) in [6, 6.07) is 13.8. The van der Waals surface area contributed by atoms with Gasteiger partial charge in [-0.25, -0.2) is 4.98 Å². The van der Waals surface area contributed by atoms with E-state index >= 15 is 0 Å². The lowest BCUT2D eigenvalue weighted by Gasteiger charge is -2.11. The van der Waals surface area contributed by atoms with Crippen LogP contribution in [0.15, 0.2) is 42.5 Å². The fourth-order valence-electron chi connectivity index (χ4n) is 2.76. The van der Waals surface area contributed by atoms with Gasteiger partial charge in [-0.1, -0.05) is 36.7 Å². The van der Waals surface area contributed by atoms with Gasteiger partial charge < -0.3 is 5.32 Å². The van der Waals surface area contributed by atoms with Gasteiger partial charge in [-0.05, 0) is 36.8 Å². The lowest BCUT2D eigenvalue weighted by atomic mass is 10.2. The molecular weight excluding hydrogens is 322 g/mol. The third kappa shape index (κ3) is 2.37. The predicted octanol–water partition coefficient (Wildman–Crippen LogP) is 4.55. The van der Waals surface area contributed by atoms with Crippen LogP contribution in [0.2, 0.25) is 5.02 Å². The van der Waals surface area contributed by atoms with Gasteiger partial charge in [-0.15, -0.1) is 10.2 Å². The van der Waals surface area contributed by atoms with Crippen LogP contribution in [0.25, 0.3) is 16.7 Å². The van der Waals surface area contributed by atoms with E-state index in [9.17, 15) is 0 Å². The molecule has 0 radical (unpaired) electrons. The molecule has 0 aliphatic carbocycles. The molecular formula is C18H16ClN5. The standard InChI is InChI=1S/C18H16ClN5/c1-3-16-22-23-18-17(20-12-9-8-11(2)13(19)10-12)21-14-6-4-5-7-15(14)24(16)18/h4-10H,3H2,1-2H3,(H,20,21). The molecule has 0 fully saturated rings. The zero-order valence-electron chi connectivity index (χ0n) is 13.4. The highest BCUT2D eigenvalue weighted by Gasteiger charge is 2.14. The van der Waals surface area contributed by atoms with Gasteiger partial charge >= 0.3 is 0 Å². The maximum atomic E-state index is 6.23. The Bertz CT molecular complexity index is 1050. The van der Waals surface area contributed by atoms with Crippen LogP contribution in [-0.4, -0.2) is 19.6 Å². The molecule has 0 amide bonds. The minimum Gasteiger partial charge on any atom is -0.337 e. The van der Waals surface area contributed by atoms with Gasteiger partial charge in [0.15, 0.2) is 5.82 Å². The number of anilines is 2. The zero-order valence-corrected chi connectivity index (χ0v) is 14.2. The molecule has 2 aromatic carbocycles. The summed E-state index contributed by atoms with van der Waals surface area (Å²) in [4.78, 5) is 4.72. The predicted molar refractivity (Wildman–Crippen MR) is 97.1 cm³/mol. The molecule has 120 valence electrons. The number of halogens is 1. The highest BCUT2D eigenvalue weighted by atomic mass is 35.5. The molecule has 0 atom stereocenters. The number of benzene rings is 2. The van der Waals surface area contributed by atoms with E-state index in [0.29, 0.717) is 16.5 Å². The van der Waals surface area contributed by atoms with Crippen molar-refractivity contribution in [2.45, 2.75) is 20.3 Å². The van der Waals surface area contributed by atoms with E-state index in [1.165, 1.54) is 0 Å². The third-order valence-corrected chi connectivity index (χ3v) is 4.45. The van der Waals surface area contributed by atoms with Gasteiger partial charge in [0.25, 0.3) is 0 Å². The number of hydrogen-bond donors (Lipinski definition) is 1. The number of nitrogens with zero attached hydrogens (tertiary/aromatic N) is 4. The number of fused-ring (bicyclic) bond motifs is 3. The molecule has 0 aliphatic heterocycles. The van der Waals surface area contributed by atoms with Crippen LogP contribution in [0.4, 0.5) is 11.5 Å². The number of aromatic nitrogens is 4. The van der Waals surface area contributed by atoms with Gasteiger partial charge in [-0.2, -0.15) is 0 Å². The fraction of sp³-hybridized carbons (Fsp3) is 0.167. The Morgan fingerprint density at radius 1 is 1.12 bits per heavy atom. The maximum absolute atomic E-state index is 6.23. The molecule has 0 spiro atoms. The van der Waals surface area contributed by atoms with Crippen molar-refractivity contribution in [2.24, 2.45) is 0 Å². The summed E-state index contributed by atoms with van der Waals surface area (Å²) in [7, 11) is 0. The Labute approximate surface area is 144 Å². The first-order valence-corrected chi connectivity index (χ1v) is 8.21. The van der Waals surface area contributed by atoms with Crippen molar-refractivity contribution in [1.29, 1.82) is 0 Å². The second-order valence-corrected chi connectivity index (χ2v) is 6.07. The van der Waals surface area contributed by atoms with Crippen LogP contribution in [0, 0.1) is 6.92 Å². The van der Waals surface area contributed by atoms with Crippen molar-refractivity contribution in [3.8, 4) is 0 Å². The first-order chi connectivity index (χ1) is 11.7. The van der Waals surface area contributed by atoms with Gasteiger partial charge in [-0.3, -0.25) is 4.40 Å². The van der Waals surface area contributed by atoms with E-state index < -0.39 is 0 Å². The Morgan fingerprint density at radius 3 is 2.75 bits per heavy atom. The first-order valence-electron chi connectivity index (χ1n) is 7.83. The summed E-state index contributed by atoms with van der Waals surface area (Å²) in [5.41, 5.74) is 4.51. The minimum absolute atomic E-state index is 0.667. The molecule has 0 saturated carbocycles. The Morgan fingerprint density at radius 2 is 1.96 bits per heavy atom. The van der Waals surface area contributed by atoms with E-state index in [0.717, 1.165) is 34.5 Å². The quantitative estimate of drug-likeness (QED) is 0.596. The average Bonchev–Trinajstić information content (AvgIpc) is 3.03. The first kappa shape index (κ1) is 14.9. The van der Waals surface area contributed by atoms with Gasteiger partial charge in [0.05, 0.1) is 11.0 Å². The molecule has 4 aromatic rings. The van der Waals surface area contributed by atoms with Gasteiger partial charge in [0, 0.05) is 17.1 Å². The highest BCUT2D eigenvalue weighted by Crippen LogP contribution is 2.27. The van der Waals surface area contributed by atoms with Crippen molar-refractivity contribution in [3.63, 3.8) is 0 Å². The second-order valence-electron chi connectivity index (χ2n) is 5.67. The van der Waals surface area contributed by atoms with E-state index in [-0.39, 0.29) is 0 Å². The van der Waals surface area contributed by atoms with Crippen LogP contribution < -0.4 is 5.32 Å². The van der Waals surface area contributed by atoms with E-state index in [2.05, 4.69) is 26.8 Å². The number of hydrogen-bond acceptors (Lipinski definition) is 4. The molecule has 2 heterocycles. The third-order valence-electron chi connectivity index (χ3n) is 4.05. The summed E-state index contributed by atoms with van der Waals surface area (Å²) in [6.45, 7) is 4.04. The number of aryl methyl sites for hydroxylation is 2. The lowest BCUT2D eigenvalue weighted by Crippen LogP contribution is -2.02. The summed E-state index contributed by atoms with van der Waals surface area (Å²) >= 11 is 6.23. The molecule has 2 aromatic heterocycles. The summed E-state index contributed by atoms with van der Waals surface area (Å²) < 4.78 is 2.06. The zero-order chi connectivity index (χ0) is 16.7. The van der Waals surface area contributed by atoms with Crippen LogP contribution >= 0.6 is 11.6 Å². The second kappa shape index (κ2) is 5.76. The van der Waals surface area contributed by atoms with Gasteiger partial charge in [0.1, 0.15) is 5.82 Å². The minimum atomic E-state index is 0.667. The largest absolute Gasteiger partial charge is 0.337 e. The average molecular weight is 338 g/mol. The molecule has 0 saturated heterocycles. The molecule has 4 rings (SSSR count). The van der Waals surface area contributed by atoms with E-state index in [1.807, 2.05) is 49.4 Å².